The van der Waals surface area contributed by atoms with Crippen molar-refractivity contribution in [2.45, 2.75) is 19.2 Å². The van der Waals surface area contributed by atoms with Crippen molar-refractivity contribution in [3.63, 3.8) is 0 Å². The van der Waals surface area contributed by atoms with E-state index in [-0.39, 0.29) is 18.3 Å². The van der Waals surface area contributed by atoms with Crippen LogP contribution in [-0.2, 0) is 22.7 Å². The summed E-state index contributed by atoms with van der Waals surface area (Å²) in [5, 5.41) is 2.74. The van der Waals surface area contributed by atoms with Crippen molar-refractivity contribution in [3.8, 4) is 5.75 Å². The number of halogens is 1. The normalized spacial score (nSPS) is 11.8. The average molecular weight is 332 g/mol. The Hall–Kier alpha value is -2.44. The van der Waals surface area contributed by atoms with Crippen LogP contribution in [0.4, 0.5) is 4.39 Å². The molecule has 2 aromatic carbocycles. The first-order valence-electron chi connectivity index (χ1n) is 7.57. The maximum Gasteiger partial charge on any atom is 0.239 e. The first kappa shape index (κ1) is 17.9. The molecule has 0 aliphatic heterocycles. The molecule has 3 N–H and O–H groups in total. The minimum absolute atomic E-state index is 0.179. The van der Waals surface area contributed by atoms with E-state index in [9.17, 15) is 9.18 Å². The molecule has 24 heavy (non-hydrogen) atoms. The summed E-state index contributed by atoms with van der Waals surface area (Å²) in [5.74, 6) is 0.127. The number of carbonyl (C=O) groups excluding carboxylic acids is 1. The molecule has 0 fully saturated rings. The number of rotatable bonds is 8. The van der Waals surface area contributed by atoms with E-state index in [4.69, 9.17) is 15.2 Å². The lowest BCUT2D eigenvalue weighted by Gasteiger charge is -2.11. The molecule has 5 nitrogen and oxygen atoms in total. The Kier molecular flexibility index (Phi) is 6.72. The van der Waals surface area contributed by atoms with Gasteiger partial charge < -0.3 is 20.5 Å². The lowest BCUT2D eigenvalue weighted by Crippen LogP contribution is -2.43. The number of carbonyl (C=O) groups is 1. The van der Waals surface area contributed by atoms with E-state index in [0.717, 1.165) is 11.1 Å². The highest BCUT2D eigenvalue weighted by molar-refractivity contribution is 5.81. The summed E-state index contributed by atoms with van der Waals surface area (Å²) >= 11 is 0. The molecule has 2 aromatic rings. The highest BCUT2D eigenvalue weighted by Gasteiger charge is 2.12. The highest BCUT2D eigenvalue weighted by Crippen LogP contribution is 2.14. The number of nitrogens with two attached hydrogens (primary N) is 1. The molecule has 2 rings (SSSR count). The van der Waals surface area contributed by atoms with Gasteiger partial charge in [0.25, 0.3) is 0 Å². The molecule has 0 aliphatic rings. The monoisotopic (exact) mass is 332 g/mol. The fraction of sp³-hybridized carbons (Fsp3) is 0.278. The predicted molar refractivity (Wildman–Crippen MR) is 88.9 cm³/mol. The van der Waals surface area contributed by atoms with Crippen molar-refractivity contribution >= 4 is 5.91 Å². The van der Waals surface area contributed by atoms with Crippen LogP contribution >= 0.6 is 0 Å². The molecule has 0 bridgehead atoms. The van der Waals surface area contributed by atoms with Crippen LogP contribution < -0.4 is 15.8 Å². The fourth-order valence-corrected chi connectivity index (χ4v) is 2.07. The Morgan fingerprint density at radius 1 is 1.21 bits per heavy atom. The van der Waals surface area contributed by atoms with Gasteiger partial charge in [-0.2, -0.15) is 0 Å². The molecule has 1 amide bonds. The summed E-state index contributed by atoms with van der Waals surface area (Å²) in [5.41, 5.74) is 7.32. The average Bonchev–Trinajstić information content (AvgIpc) is 2.59. The third-order valence-electron chi connectivity index (χ3n) is 3.37. The number of ether oxygens (including phenoxy) is 2. The van der Waals surface area contributed by atoms with E-state index >= 15 is 0 Å². The van der Waals surface area contributed by atoms with Gasteiger partial charge in [-0.15, -0.1) is 0 Å². The summed E-state index contributed by atoms with van der Waals surface area (Å²) in [6.07, 6.45) is 0. The summed E-state index contributed by atoms with van der Waals surface area (Å²) in [4.78, 5) is 11.7. The number of methoxy groups -OCH3 is 1. The molecule has 0 spiro atoms. The van der Waals surface area contributed by atoms with Crippen LogP contribution in [0.25, 0.3) is 0 Å². The van der Waals surface area contributed by atoms with Gasteiger partial charge in [-0.1, -0.05) is 24.3 Å². The highest BCUT2D eigenvalue weighted by atomic mass is 19.1. The van der Waals surface area contributed by atoms with Gasteiger partial charge in [0, 0.05) is 13.7 Å². The van der Waals surface area contributed by atoms with Gasteiger partial charge in [-0.25, -0.2) is 4.39 Å². The molecule has 0 heterocycles. The van der Waals surface area contributed by atoms with E-state index < -0.39 is 6.04 Å². The Morgan fingerprint density at radius 2 is 1.96 bits per heavy atom. The van der Waals surface area contributed by atoms with Crippen LogP contribution in [0, 0.1) is 5.82 Å². The van der Waals surface area contributed by atoms with Gasteiger partial charge in [0.2, 0.25) is 5.91 Å². The van der Waals surface area contributed by atoms with Crippen molar-refractivity contribution in [3.05, 3.63) is 65.5 Å². The molecule has 0 saturated heterocycles. The third-order valence-corrected chi connectivity index (χ3v) is 3.37. The molecule has 0 unspecified atom stereocenters. The molecule has 0 aromatic heterocycles. The van der Waals surface area contributed by atoms with Crippen molar-refractivity contribution in [2.24, 2.45) is 5.73 Å². The van der Waals surface area contributed by atoms with Crippen LogP contribution in [0.15, 0.2) is 48.5 Å². The first-order chi connectivity index (χ1) is 11.6. The summed E-state index contributed by atoms with van der Waals surface area (Å²) in [7, 11) is 1.50. The number of amides is 1. The van der Waals surface area contributed by atoms with Crippen LogP contribution in [0.1, 0.15) is 11.1 Å². The molecule has 0 saturated carbocycles. The first-order valence-corrected chi connectivity index (χ1v) is 7.57. The number of nitrogens with one attached hydrogen (secondary N) is 1. The molecule has 1 atom stereocenters. The maximum absolute atomic E-state index is 13.1. The third kappa shape index (κ3) is 5.64. The molecular weight excluding hydrogens is 311 g/mol. The lowest BCUT2D eigenvalue weighted by molar-refractivity contribution is -0.123. The van der Waals surface area contributed by atoms with Gasteiger partial charge in [-0.3, -0.25) is 4.79 Å². The van der Waals surface area contributed by atoms with Gasteiger partial charge in [0.05, 0.1) is 6.61 Å². The van der Waals surface area contributed by atoms with Crippen LogP contribution in [-0.4, -0.2) is 25.7 Å². The van der Waals surface area contributed by atoms with Crippen LogP contribution in [0.3, 0.4) is 0 Å². The number of hydrogen-bond acceptors (Lipinski definition) is 4. The summed E-state index contributed by atoms with van der Waals surface area (Å²) < 4.78 is 23.5. The van der Waals surface area contributed by atoms with E-state index in [1.54, 1.807) is 24.3 Å². The Labute approximate surface area is 140 Å². The standard InChI is InChI=1S/C18H21FN2O3/c1-23-12-17(20)18(22)21-10-13-5-7-16(8-6-13)24-11-14-3-2-4-15(19)9-14/h2-9,17H,10-12,20H2,1H3,(H,21,22)/t17-/m1/s1. The zero-order valence-electron chi connectivity index (χ0n) is 13.5. The van der Waals surface area contributed by atoms with Crippen molar-refractivity contribution < 1.29 is 18.7 Å². The molecule has 6 heteroatoms. The quantitative estimate of drug-likeness (QED) is 0.775. The Balaban J connectivity index is 1.81. The molecule has 0 radical (unpaired) electrons. The maximum atomic E-state index is 13.1. The van der Waals surface area contributed by atoms with Crippen molar-refractivity contribution in [2.75, 3.05) is 13.7 Å². The lowest BCUT2D eigenvalue weighted by atomic mass is 10.2. The van der Waals surface area contributed by atoms with Gasteiger partial charge in [0.15, 0.2) is 0 Å². The SMILES string of the molecule is COC[C@@H](N)C(=O)NCc1ccc(OCc2cccc(F)c2)cc1. The van der Waals surface area contributed by atoms with Gasteiger partial charge >= 0.3 is 0 Å². The second kappa shape index (κ2) is 9.00. The minimum Gasteiger partial charge on any atom is -0.489 e. The summed E-state index contributed by atoms with van der Waals surface area (Å²) in [6.45, 7) is 0.846. The second-order valence-electron chi connectivity index (χ2n) is 5.34. The van der Waals surface area contributed by atoms with E-state index in [1.165, 1.54) is 19.2 Å². The Morgan fingerprint density at radius 3 is 2.62 bits per heavy atom. The molecule has 0 aliphatic carbocycles. The number of benzene rings is 2. The van der Waals surface area contributed by atoms with Crippen molar-refractivity contribution in [1.29, 1.82) is 0 Å². The van der Waals surface area contributed by atoms with Crippen molar-refractivity contribution in [1.82, 2.24) is 5.32 Å². The minimum atomic E-state index is -0.677. The zero-order chi connectivity index (χ0) is 17.4. The summed E-state index contributed by atoms with van der Waals surface area (Å²) in [6, 6.07) is 12.9. The second-order valence-corrected chi connectivity index (χ2v) is 5.34. The molecular formula is C18H21FN2O3. The fourth-order valence-electron chi connectivity index (χ4n) is 2.07. The van der Waals surface area contributed by atoms with Crippen LogP contribution in [0.2, 0.25) is 0 Å². The van der Waals surface area contributed by atoms with E-state index in [1.807, 2.05) is 12.1 Å². The largest absolute Gasteiger partial charge is 0.489 e. The smallest absolute Gasteiger partial charge is 0.239 e. The van der Waals surface area contributed by atoms with Gasteiger partial charge in [-0.05, 0) is 35.4 Å². The van der Waals surface area contributed by atoms with E-state index in [2.05, 4.69) is 5.32 Å². The van der Waals surface area contributed by atoms with E-state index in [0.29, 0.717) is 18.9 Å². The predicted octanol–water partition coefficient (Wildman–Crippen LogP) is 1.99. The molecule has 128 valence electrons. The number of hydrogen-bond donors (Lipinski definition) is 2. The Bertz CT molecular complexity index is 662. The topological polar surface area (TPSA) is 73.6 Å². The van der Waals surface area contributed by atoms with Gasteiger partial charge in [0.1, 0.15) is 24.2 Å². The zero-order valence-corrected chi connectivity index (χ0v) is 13.5. The van der Waals surface area contributed by atoms with Crippen LogP contribution in [0.5, 0.6) is 5.75 Å².